The van der Waals surface area contributed by atoms with Crippen LogP contribution in [0.25, 0.3) is 27.2 Å². The van der Waals surface area contributed by atoms with Crippen molar-refractivity contribution in [1.82, 2.24) is 14.9 Å². The van der Waals surface area contributed by atoms with Crippen molar-refractivity contribution in [3.63, 3.8) is 0 Å². The molecule has 0 bridgehead atoms. The van der Waals surface area contributed by atoms with Crippen LogP contribution in [0.4, 0.5) is 20.8 Å². The van der Waals surface area contributed by atoms with Crippen LogP contribution in [0.2, 0.25) is 0 Å². The molecule has 0 atom stereocenters. The zero-order chi connectivity index (χ0) is 30.6. The van der Waals surface area contributed by atoms with Gasteiger partial charge in [-0.05, 0) is 57.4 Å². The van der Waals surface area contributed by atoms with E-state index in [0.717, 1.165) is 0 Å². The second-order valence-electron chi connectivity index (χ2n) is 10.9. The Hall–Kier alpha value is -4.92. The maximum Gasteiger partial charge on any atom is 0.407 e. The summed E-state index contributed by atoms with van der Waals surface area (Å²) in [6.07, 6.45) is 0.534. The van der Waals surface area contributed by atoms with Crippen molar-refractivity contribution in [1.29, 1.82) is 0 Å². The van der Waals surface area contributed by atoms with E-state index in [1.54, 1.807) is 45.0 Å². The number of methoxy groups -OCH3 is 1. The molecule has 0 aliphatic carbocycles. The third-order valence-electron chi connectivity index (χ3n) is 6.68. The van der Waals surface area contributed by atoms with Gasteiger partial charge in [-0.15, -0.1) is 0 Å². The third-order valence-corrected chi connectivity index (χ3v) is 6.68. The van der Waals surface area contributed by atoms with Crippen molar-refractivity contribution >= 4 is 23.6 Å². The highest BCUT2D eigenvalue weighted by molar-refractivity contribution is 5.83. The van der Waals surface area contributed by atoms with E-state index >= 15 is 0 Å². The molecule has 0 radical (unpaired) electrons. The van der Waals surface area contributed by atoms with Crippen LogP contribution in [0.3, 0.4) is 0 Å². The molecule has 1 fully saturated rings. The Balaban J connectivity index is 1.80. The van der Waals surface area contributed by atoms with Gasteiger partial charge in [0.15, 0.2) is 0 Å². The van der Waals surface area contributed by atoms with Gasteiger partial charge in [-0.1, -0.05) is 24.3 Å². The predicted octanol–water partition coefficient (Wildman–Crippen LogP) is 4.25. The van der Waals surface area contributed by atoms with Crippen LogP contribution in [0, 0.1) is 12.4 Å². The Morgan fingerprint density at radius 3 is 2.33 bits per heavy atom. The maximum atomic E-state index is 14.8. The van der Waals surface area contributed by atoms with Gasteiger partial charge in [0.25, 0.3) is 5.56 Å². The number of halogens is 1. The summed E-state index contributed by atoms with van der Waals surface area (Å²) in [4.78, 5) is 48.3. The monoisotopic (exact) mass is 576 g/mol. The Bertz CT molecular complexity index is 1580. The fourth-order valence-electron chi connectivity index (χ4n) is 4.75. The van der Waals surface area contributed by atoms with Crippen LogP contribution in [0.15, 0.2) is 47.3 Å². The van der Waals surface area contributed by atoms with Crippen LogP contribution in [-0.2, 0) is 16.1 Å². The zero-order valence-electron chi connectivity index (χ0n) is 23.9. The molecule has 0 spiro atoms. The number of nitrogens with one attached hydrogen (secondary N) is 1. The molecular weight excluding hydrogens is 543 g/mol. The Morgan fingerprint density at radius 1 is 1.14 bits per heavy atom. The molecule has 2 amide bonds. The van der Waals surface area contributed by atoms with Crippen molar-refractivity contribution in [2.24, 2.45) is 5.73 Å². The summed E-state index contributed by atoms with van der Waals surface area (Å²) in [5, 5.41) is 2.87. The lowest BCUT2D eigenvalue weighted by molar-refractivity contribution is -0.118. The molecule has 12 heteroatoms. The lowest BCUT2D eigenvalue weighted by Crippen LogP contribution is -2.47. The molecule has 3 N–H and O–H groups in total. The Labute approximate surface area is 242 Å². The number of nitrogens with zero attached hydrogens (tertiary/aromatic N) is 4. The minimum absolute atomic E-state index is 0.138. The number of amides is 2. The standard InChI is InChI=1S/C30H33FN6O5/c1-30(2,3)42-29(40)34-20-12-14-36(15-13-20)28-35-26(19-8-11-23(33-4)22(31)16-19)25(27(39)37(28)17-24(32)38)18-6-9-21(41-5)10-7-18/h6-11,16,20H,12-15,17H2,1-3,5H3,(H2,32,38)(H,34,40). The van der Waals surface area contributed by atoms with Crippen LogP contribution in [0.5, 0.6) is 5.75 Å². The van der Waals surface area contributed by atoms with Crippen LogP contribution < -0.4 is 26.2 Å². The minimum Gasteiger partial charge on any atom is -0.497 e. The second kappa shape index (κ2) is 12.3. The molecule has 2 aromatic carbocycles. The summed E-state index contributed by atoms with van der Waals surface area (Å²) in [6, 6.07) is 10.6. The normalized spacial score (nSPS) is 13.8. The number of piperidine rings is 1. The quantitative estimate of drug-likeness (QED) is 0.402. The number of primary amides is 1. The molecule has 42 heavy (non-hydrogen) atoms. The number of hydrogen-bond acceptors (Lipinski definition) is 7. The molecule has 1 saturated heterocycles. The first-order valence-electron chi connectivity index (χ1n) is 13.4. The third kappa shape index (κ3) is 6.86. The molecular formula is C30H33FN6O5. The van der Waals surface area contributed by atoms with Crippen molar-refractivity contribution < 1.29 is 23.5 Å². The molecule has 1 aliphatic rings. The lowest BCUT2D eigenvalue weighted by Gasteiger charge is -2.34. The molecule has 0 unspecified atom stereocenters. The minimum atomic E-state index is -0.748. The molecule has 0 saturated carbocycles. The zero-order valence-corrected chi connectivity index (χ0v) is 23.9. The summed E-state index contributed by atoms with van der Waals surface area (Å²) in [5.41, 5.74) is 5.30. The number of carbonyl (C=O) groups is 2. The lowest BCUT2D eigenvalue weighted by atomic mass is 9.99. The molecule has 2 heterocycles. The SMILES string of the molecule is [C-]#[N+]c1ccc(-c2nc(N3CCC(NC(=O)OC(C)(C)C)CC3)n(CC(N)=O)c(=O)c2-c2ccc(OC)cc2)cc1F. The molecule has 1 aliphatic heterocycles. The fourth-order valence-corrected chi connectivity index (χ4v) is 4.75. The van der Waals surface area contributed by atoms with E-state index in [-0.39, 0.29) is 34.5 Å². The first-order chi connectivity index (χ1) is 19.9. The number of nitrogens with two attached hydrogens (primary N) is 1. The molecule has 11 nitrogen and oxygen atoms in total. The van der Waals surface area contributed by atoms with Gasteiger partial charge in [-0.2, -0.15) is 0 Å². The maximum absolute atomic E-state index is 14.8. The van der Waals surface area contributed by atoms with E-state index in [1.165, 1.54) is 29.9 Å². The summed E-state index contributed by atoms with van der Waals surface area (Å²) in [6.45, 7) is 12.9. The first-order valence-corrected chi connectivity index (χ1v) is 13.4. The van der Waals surface area contributed by atoms with E-state index in [9.17, 15) is 18.8 Å². The smallest absolute Gasteiger partial charge is 0.407 e. The second-order valence-corrected chi connectivity index (χ2v) is 10.9. The number of carbonyl (C=O) groups excluding carboxylic acids is 2. The number of hydrogen-bond donors (Lipinski definition) is 2. The van der Waals surface area contributed by atoms with Crippen molar-refractivity contribution in [2.75, 3.05) is 25.1 Å². The van der Waals surface area contributed by atoms with Gasteiger partial charge in [0.05, 0.1) is 24.9 Å². The molecule has 4 rings (SSSR count). The van der Waals surface area contributed by atoms with E-state index in [1.807, 2.05) is 4.90 Å². The molecule has 1 aromatic heterocycles. The number of anilines is 1. The molecule has 220 valence electrons. The summed E-state index contributed by atoms with van der Waals surface area (Å²) in [5.74, 6) is -0.724. The largest absolute Gasteiger partial charge is 0.497 e. The predicted molar refractivity (Wildman–Crippen MR) is 156 cm³/mol. The average Bonchev–Trinajstić information content (AvgIpc) is 2.93. The van der Waals surface area contributed by atoms with Gasteiger partial charge in [0.1, 0.15) is 23.7 Å². The van der Waals surface area contributed by atoms with Gasteiger partial charge < -0.3 is 25.4 Å². The first kappa shape index (κ1) is 30.0. The number of benzene rings is 2. The van der Waals surface area contributed by atoms with Gasteiger partial charge in [-0.25, -0.2) is 19.0 Å². The molecule has 3 aromatic rings. The van der Waals surface area contributed by atoms with Crippen molar-refractivity contribution in [3.8, 4) is 28.1 Å². The summed E-state index contributed by atoms with van der Waals surface area (Å²) in [7, 11) is 1.52. The number of rotatable bonds is 7. The van der Waals surface area contributed by atoms with Gasteiger partial charge in [0.2, 0.25) is 17.5 Å². The van der Waals surface area contributed by atoms with Crippen molar-refractivity contribution in [3.05, 3.63) is 70.1 Å². The van der Waals surface area contributed by atoms with Crippen LogP contribution in [0.1, 0.15) is 33.6 Å². The van der Waals surface area contributed by atoms with Crippen molar-refractivity contribution in [2.45, 2.75) is 51.8 Å². The Kier molecular flexibility index (Phi) is 8.80. The number of aromatic nitrogens is 2. The van der Waals surface area contributed by atoms with E-state index in [2.05, 4.69) is 10.2 Å². The highest BCUT2D eigenvalue weighted by Gasteiger charge is 2.28. The fraction of sp³-hybridized carbons (Fsp3) is 0.367. The highest BCUT2D eigenvalue weighted by Crippen LogP contribution is 2.33. The van der Waals surface area contributed by atoms with Gasteiger partial charge >= 0.3 is 6.09 Å². The van der Waals surface area contributed by atoms with Crippen LogP contribution in [-0.4, -0.2) is 53.4 Å². The van der Waals surface area contributed by atoms with E-state index in [4.69, 9.17) is 26.8 Å². The summed E-state index contributed by atoms with van der Waals surface area (Å²) < 4.78 is 26.6. The van der Waals surface area contributed by atoms with Gasteiger partial charge in [0, 0.05) is 24.7 Å². The summed E-state index contributed by atoms with van der Waals surface area (Å²) >= 11 is 0. The topological polar surface area (TPSA) is 133 Å². The van der Waals surface area contributed by atoms with Crippen LogP contribution >= 0.6 is 0 Å². The number of alkyl carbamates (subject to hydrolysis) is 1. The van der Waals surface area contributed by atoms with Gasteiger partial charge in [-0.3, -0.25) is 14.2 Å². The van der Waals surface area contributed by atoms with E-state index in [0.29, 0.717) is 37.2 Å². The highest BCUT2D eigenvalue weighted by atomic mass is 19.1. The Morgan fingerprint density at radius 2 is 1.79 bits per heavy atom. The average molecular weight is 577 g/mol. The number of ether oxygens (including phenoxy) is 2. The van der Waals surface area contributed by atoms with E-state index < -0.39 is 35.5 Å².